The molecule has 0 heterocycles. The molecule has 0 fully saturated rings. The quantitative estimate of drug-likeness (QED) is 0.536. The molecular weight excluding hydrogens is 196 g/mol. The second kappa shape index (κ2) is 4.59. The van der Waals surface area contributed by atoms with E-state index in [9.17, 15) is 14.7 Å². The maximum Gasteiger partial charge on any atom is 0.308 e. The molecule has 1 rings (SSSR count). The van der Waals surface area contributed by atoms with Crippen LogP contribution in [0, 0.1) is 0 Å². The number of aromatic carboxylic acids is 1. The lowest BCUT2D eigenvalue weighted by Crippen LogP contribution is -2.23. The molecule has 0 spiro atoms. The summed E-state index contributed by atoms with van der Waals surface area (Å²) in [5.74, 6) is -1.30. The Morgan fingerprint density at radius 2 is 2.07 bits per heavy atom. The number of ether oxygens (including phenoxy) is 1. The molecule has 0 atom stereocenters. The lowest BCUT2D eigenvalue weighted by atomic mass is 10.1. The first-order chi connectivity index (χ1) is 7.04. The molecule has 15 heavy (non-hydrogen) atoms. The fourth-order valence-electron chi connectivity index (χ4n) is 1.29. The number of benzene rings is 1. The first-order valence-electron chi connectivity index (χ1n) is 4.57. The van der Waals surface area contributed by atoms with Crippen LogP contribution in [0.2, 0.25) is 0 Å². The van der Waals surface area contributed by atoms with E-state index in [0.717, 1.165) is 0 Å². The molecule has 0 amide bonds. The van der Waals surface area contributed by atoms with Gasteiger partial charge in [-0.05, 0) is 30.2 Å². The molecule has 0 radical (unpaired) electrons. The third-order valence-corrected chi connectivity index (χ3v) is 1.94. The number of hydrogen-bond donors (Lipinski definition) is 0. The van der Waals surface area contributed by atoms with Crippen molar-refractivity contribution in [1.29, 1.82) is 0 Å². The van der Waals surface area contributed by atoms with Crippen LogP contribution in [-0.2, 0) is 11.2 Å². The standard InChI is InChI=1S/C11H12O4/c1-3-8-6-9(15-7(2)12)4-5-10(8)11(13)14/h4-6H,3H2,1-2H3,(H,13,14)/p-1. The van der Waals surface area contributed by atoms with Gasteiger partial charge in [0.25, 0.3) is 0 Å². The highest BCUT2D eigenvalue weighted by Gasteiger charge is 2.05. The van der Waals surface area contributed by atoms with E-state index < -0.39 is 11.9 Å². The number of carbonyl (C=O) groups is 2. The summed E-state index contributed by atoms with van der Waals surface area (Å²) < 4.78 is 4.84. The Morgan fingerprint density at radius 1 is 1.40 bits per heavy atom. The number of aryl methyl sites for hydroxylation is 1. The molecule has 0 aliphatic heterocycles. The van der Waals surface area contributed by atoms with Crippen molar-refractivity contribution in [3.05, 3.63) is 29.3 Å². The number of esters is 1. The summed E-state index contributed by atoms with van der Waals surface area (Å²) in [6.07, 6.45) is 0.540. The highest BCUT2D eigenvalue weighted by Crippen LogP contribution is 2.18. The highest BCUT2D eigenvalue weighted by molar-refractivity contribution is 5.88. The van der Waals surface area contributed by atoms with Gasteiger partial charge in [-0.1, -0.05) is 6.92 Å². The number of rotatable bonds is 3. The molecule has 0 bridgehead atoms. The Labute approximate surface area is 87.5 Å². The Balaban J connectivity index is 3.07. The van der Waals surface area contributed by atoms with E-state index in [2.05, 4.69) is 0 Å². The molecule has 0 aliphatic rings. The van der Waals surface area contributed by atoms with E-state index in [1.807, 2.05) is 6.92 Å². The molecule has 0 saturated heterocycles. The second-order valence-electron chi connectivity index (χ2n) is 3.05. The van der Waals surface area contributed by atoms with Gasteiger partial charge in [0, 0.05) is 12.5 Å². The first-order valence-corrected chi connectivity index (χ1v) is 4.57. The minimum Gasteiger partial charge on any atom is -0.545 e. The average Bonchev–Trinajstić information content (AvgIpc) is 2.16. The average molecular weight is 207 g/mol. The van der Waals surface area contributed by atoms with Crippen LogP contribution in [0.25, 0.3) is 0 Å². The van der Waals surface area contributed by atoms with Crippen molar-refractivity contribution in [3.8, 4) is 5.75 Å². The van der Waals surface area contributed by atoms with Gasteiger partial charge in [-0.15, -0.1) is 0 Å². The molecule has 0 N–H and O–H groups in total. The van der Waals surface area contributed by atoms with Crippen LogP contribution in [0.1, 0.15) is 29.8 Å². The molecular formula is C11H11O4-. The van der Waals surface area contributed by atoms with E-state index >= 15 is 0 Å². The van der Waals surface area contributed by atoms with Gasteiger partial charge in [0.2, 0.25) is 0 Å². The summed E-state index contributed by atoms with van der Waals surface area (Å²) in [7, 11) is 0. The van der Waals surface area contributed by atoms with Gasteiger partial charge < -0.3 is 14.6 Å². The predicted octanol–water partition coefficient (Wildman–Crippen LogP) is 0.538. The highest BCUT2D eigenvalue weighted by atomic mass is 16.5. The van der Waals surface area contributed by atoms with Crippen molar-refractivity contribution in [2.24, 2.45) is 0 Å². The molecule has 1 aromatic rings. The van der Waals surface area contributed by atoms with Crippen LogP contribution in [0.15, 0.2) is 18.2 Å². The second-order valence-corrected chi connectivity index (χ2v) is 3.05. The SMILES string of the molecule is CCc1cc(OC(C)=O)ccc1C(=O)[O-]. The molecule has 1 aromatic carbocycles. The van der Waals surface area contributed by atoms with Crippen LogP contribution in [0.3, 0.4) is 0 Å². The van der Waals surface area contributed by atoms with Crippen molar-refractivity contribution in [2.45, 2.75) is 20.3 Å². The third-order valence-electron chi connectivity index (χ3n) is 1.94. The van der Waals surface area contributed by atoms with Gasteiger partial charge >= 0.3 is 5.97 Å². The number of carbonyl (C=O) groups excluding carboxylic acids is 2. The van der Waals surface area contributed by atoms with Crippen molar-refractivity contribution in [2.75, 3.05) is 0 Å². The molecule has 4 nitrogen and oxygen atoms in total. The first kappa shape index (κ1) is 11.2. The van der Waals surface area contributed by atoms with Crippen molar-refractivity contribution in [1.82, 2.24) is 0 Å². The summed E-state index contributed by atoms with van der Waals surface area (Å²) in [5.41, 5.74) is 0.724. The van der Waals surface area contributed by atoms with Crippen LogP contribution >= 0.6 is 0 Å². The number of carboxylic acid groups (broad SMARTS) is 1. The Morgan fingerprint density at radius 3 is 2.53 bits per heavy atom. The lowest BCUT2D eigenvalue weighted by Gasteiger charge is -2.10. The summed E-state index contributed by atoms with van der Waals surface area (Å²) >= 11 is 0. The zero-order valence-corrected chi connectivity index (χ0v) is 8.57. The van der Waals surface area contributed by atoms with Gasteiger partial charge in [-0.25, -0.2) is 0 Å². The van der Waals surface area contributed by atoms with E-state index in [0.29, 0.717) is 17.7 Å². The summed E-state index contributed by atoms with van der Waals surface area (Å²) in [4.78, 5) is 21.4. The van der Waals surface area contributed by atoms with E-state index in [4.69, 9.17) is 4.74 Å². The van der Waals surface area contributed by atoms with Crippen molar-refractivity contribution >= 4 is 11.9 Å². The minimum atomic E-state index is -1.22. The fraction of sp³-hybridized carbons (Fsp3) is 0.273. The van der Waals surface area contributed by atoms with E-state index in [1.165, 1.54) is 25.1 Å². The van der Waals surface area contributed by atoms with Crippen LogP contribution in [0.5, 0.6) is 5.75 Å². The Kier molecular flexibility index (Phi) is 3.44. The predicted molar refractivity (Wildman–Crippen MR) is 51.5 cm³/mol. The molecule has 0 aliphatic carbocycles. The topological polar surface area (TPSA) is 66.4 Å². The zero-order chi connectivity index (χ0) is 11.4. The molecule has 80 valence electrons. The fourth-order valence-corrected chi connectivity index (χ4v) is 1.29. The van der Waals surface area contributed by atoms with Gasteiger partial charge in [0.05, 0.1) is 5.97 Å². The Bertz CT molecular complexity index is 396. The van der Waals surface area contributed by atoms with Gasteiger partial charge in [-0.2, -0.15) is 0 Å². The van der Waals surface area contributed by atoms with E-state index in [1.54, 1.807) is 0 Å². The maximum atomic E-state index is 10.7. The largest absolute Gasteiger partial charge is 0.545 e. The monoisotopic (exact) mass is 207 g/mol. The smallest absolute Gasteiger partial charge is 0.308 e. The summed E-state index contributed by atoms with van der Waals surface area (Å²) in [6.45, 7) is 3.11. The minimum absolute atomic E-state index is 0.133. The van der Waals surface area contributed by atoms with Crippen molar-refractivity contribution in [3.63, 3.8) is 0 Å². The third kappa shape index (κ3) is 2.80. The van der Waals surface area contributed by atoms with Crippen LogP contribution in [-0.4, -0.2) is 11.9 Å². The summed E-state index contributed by atoms with van der Waals surface area (Å²) in [6, 6.07) is 4.35. The van der Waals surface area contributed by atoms with E-state index in [-0.39, 0.29) is 5.56 Å². The molecule has 0 aromatic heterocycles. The zero-order valence-electron chi connectivity index (χ0n) is 8.57. The van der Waals surface area contributed by atoms with Crippen molar-refractivity contribution < 1.29 is 19.4 Å². The van der Waals surface area contributed by atoms with Gasteiger partial charge in [0.15, 0.2) is 0 Å². The summed E-state index contributed by atoms with van der Waals surface area (Å²) in [5, 5.41) is 10.7. The normalized spacial score (nSPS) is 9.73. The number of hydrogen-bond acceptors (Lipinski definition) is 4. The molecule has 0 unspecified atom stereocenters. The van der Waals surface area contributed by atoms with Gasteiger partial charge in [-0.3, -0.25) is 4.79 Å². The lowest BCUT2D eigenvalue weighted by molar-refractivity contribution is -0.255. The molecule has 4 heteroatoms. The maximum absolute atomic E-state index is 10.7. The molecule has 0 saturated carbocycles. The van der Waals surface area contributed by atoms with Crippen LogP contribution < -0.4 is 9.84 Å². The van der Waals surface area contributed by atoms with Gasteiger partial charge in [0.1, 0.15) is 5.75 Å². The number of carboxylic acids is 1. The Hall–Kier alpha value is -1.84. The van der Waals surface area contributed by atoms with Crippen LogP contribution in [0.4, 0.5) is 0 Å².